The summed E-state index contributed by atoms with van der Waals surface area (Å²) in [6, 6.07) is 8.14. The third kappa shape index (κ3) is 4.01. The molecular weight excluding hydrogens is 332 g/mol. The Kier molecular flexibility index (Phi) is 4.85. The first-order chi connectivity index (χ1) is 12.6. The van der Waals surface area contributed by atoms with Crippen molar-refractivity contribution in [2.24, 2.45) is 0 Å². The smallest absolute Gasteiger partial charge is 0.220 e. The molecule has 0 bridgehead atoms. The number of benzene rings is 1. The maximum Gasteiger partial charge on any atom is 0.220 e. The van der Waals surface area contributed by atoms with Crippen molar-refractivity contribution in [1.29, 1.82) is 0 Å². The quantitative estimate of drug-likeness (QED) is 0.846. The van der Waals surface area contributed by atoms with Crippen molar-refractivity contribution in [2.75, 3.05) is 13.2 Å². The van der Waals surface area contributed by atoms with E-state index in [1.807, 2.05) is 24.3 Å². The van der Waals surface area contributed by atoms with Gasteiger partial charge in [-0.05, 0) is 18.9 Å². The highest BCUT2D eigenvalue weighted by molar-refractivity contribution is 5.84. The predicted molar refractivity (Wildman–Crippen MR) is 95.8 cm³/mol. The molecule has 1 spiro atoms. The summed E-state index contributed by atoms with van der Waals surface area (Å²) in [5, 5.41) is 6.05. The monoisotopic (exact) mass is 358 g/mol. The Morgan fingerprint density at radius 1 is 1.04 bits per heavy atom. The van der Waals surface area contributed by atoms with Gasteiger partial charge < -0.3 is 20.1 Å². The average Bonchev–Trinajstić information content (AvgIpc) is 3.44. The van der Waals surface area contributed by atoms with Crippen LogP contribution in [0.25, 0.3) is 0 Å². The molecule has 2 fully saturated rings. The largest absolute Gasteiger partial charge is 0.487 e. The van der Waals surface area contributed by atoms with Crippen LogP contribution in [0.2, 0.25) is 0 Å². The first-order valence-corrected chi connectivity index (χ1v) is 9.58. The van der Waals surface area contributed by atoms with E-state index >= 15 is 0 Å². The van der Waals surface area contributed by atoms with Crippen LogP contribution in [0.15, 0.2) is 24.3 Å². The summed E-state index contributed by atoms with van der Waals surface area (Å²) in [5.74, 6) is 0.730. The molecule has 2 heterocycles. The fraction of sp³-hybridized carbons (Fsp3) is 0.600. The molecule has 2 N–H and O–H groups in total. The number of hydrogen-bond acceptors (Lipinski definition) is 4. The van der Waals surface area contributed by atoms with Crippen molar-refractivity contribution in [3.05, 3.63) is 29.8 Å². The SMILES string of the molecule is O=C(CCC(=O)NC1CC2(CCOCC2)Oc2ccccc21)NC1CC1. The molecule has 0 aromatic heterocycles. The first kappa shape index (κ1) is 17.3. The van der Waals surface area contributed by atoms with E-state index in [2.05, 4.69) is 10.6 Å². The van der Waals surface area contributed by atoms with E-state index in [0.717, 1.165) is 43.4 Å². The number of amides is 2. The Morgan fingerprint density at radius 3 is 2.46 bits per heavy atom. The maximum atomic E-state index is 12.4. The average molecular weight is 358 g/mol. The second-order valence-electron chi connectivity index (χ2n) is 7.60. The molecule has 26 heavy (non-hydrogen) atoms. The Hall–Kier alpha value is -2.08. The molecule has 6 nitrogen and oxygen atoms in total. The van der Waals surface area contributed by atoms with E-state index in [1.54, 1.807) is 0 Å². The molecule has 2 aliphatic heterocycles. The lowest BCUT2D eigenvalue weighted by Crippen LogP contribution is -2.48. The zero-order valence-corrected chi connectivity index (χ0v) is 15.0. The normalized spacial score (nSPS) is 23.6. The van der Waals surface area contributed by atoms with Gasteiger partial charge in [-0.1, -0.05) is 18.2 Å². The van der Waals surface area contributed by atoms with E-state index in [0.29, 0.717) is 19.3 Å². The molecule has 2 amide bonds. The van der Waals surface area contributed by atoms with Gasteiger partial charge in [0.15, 0.2) is 0 Å². The lowest BCUT2D eigenvalue weighted by Gasteiger charge is -2.44. The van der Waals surface area contributed by atoms with Crippen LogP contribution < -0.4 is 15.4 Å². The number of carbonyl (C=O) groups is 2. The van der Waals surface area contributed by atoms with Gasteiger partial charge in [0.05, 0.1) is 19.3 Å². The molecule has 1 aromatic carbocycles. The molecule has 1 aromatic rings. The molecule has 0 radical (unpaired) electrons. The summed E-state index contributed by atoms with van der Waals surface area (Å²) >= 11 is 0. The van der Waals surface area contributed by atoms with Crippen LogP contribution in [0.3, 0.4) is 0 Å². The minimum Gasteiger partial charge on any atom is -0.487 e. The van der Waals surface area contributed by atoms with E-state index in [-0.39, 0.29) is 36.3 Å². The molecule has 1 atom stereocenters. The van der Waals surface area contributed by atoms with E-state index in [1.165, 1.54) is 0 Å². The lowest BCUT2D eigenvalue weighted by molar-refractivity contribution is -0.127. The van der Waals surface area contributed by atoms with Gasteiger partial charge >= 0.3 is 0 Å². The van der Waals surface area contributed by atoms with Crippen LogP contribution in [-0.4, -0.2) is 36.7 Å². The molecule has 1 saturated carbocycles. The molecular formula is C20H26N2O4. The number of nitrogens with one attached hydrogen (secondary N) is 2. The molecule has 6 heteroatoms. The number of hydrogen-bond donors (Lipinski definition) is 2. The number of ether oxygens (including phenoxy) is 2. The van der Waals surface area contributed by atoms with Crippen molar-refractivity contribution in [1.82, 2.24) is 10.6 Å². The highest BCUT2D eigenvalue weighted by Crippen LogP contribution is 2.43. The molecule has 4 rings (SSSR count). The Labute approximate surface area is 153 Å². The topological polar surface area (TPSA) is 76.7 Å². The van der Waals surface area contributed by atoms with Crippen molar-refractivity contribution in [2.45, 2.75) is 62.6 Å². The molecule has 1 unspecified atom stereocenters. The summed E-state index contributed by atoms with van der Waals surface area (Å²) in [7, 11) is 0. The number of carbonyl (C=O) groups excluding carboxylic acids is 2. The van der Waals surface area contributed by atoms with Gasteiger partial charge in [-0.2, -0.15) is 0 Å². The second kappa shape index (κ2) is 7.27. The third-order valence-electron chi connectivity index (χ3n) is 5.46. The Bertz CT molecular complexity index is 680. The summed E-state index contributed by atoms with van der Waals surface area (Å²) in [6.45, 7) is 1.37. The predicted octanol–water partition coefficient (Wildman–Crippen LogP) is 2.23. The van der Waals surface area contributed by atoms with Gasteiger partial charge in [-0.15, -0.1) is 0 Å². The summed E-state index contributed by atoms with van der Waals surface area (Å²) < 4.78 is 11.8. The highest BCUT2D eigenvalue weighted by Gasteiger charge is 2.42. The van der Waals surface area contributed by atoms with Gasteiger partial charge in [0.1, 0.15) is 11.4 Å². The maximum absolute atomic E-state index is 12.4. The van der Waals surface area contributed by atoms with Gasteiger partial charge in [-0.3, -0.25) is 9.59 Å². The summed E-state index contributed by atoms with van der Waals surface area (Å²) in [5.41, 5.74) is 0.744. The fourth-order valence-corrected chi connectivity index (χ4v) is 3.82. The zero-order valence-electron chi connectivity index (χ0n) is 15.0. The summed E-state index contributed by atoms with van der Waals surface area (Å²) in [4.78, 5) is 24.2. The standard InChI is InChI=1S/C20H26N2O4/c23-18(21-14-5-6-14)7-8-19(24)22-16-13-20(9-11-25-12-10-20)26-17-4-2-1-3-15(16)17/h1-4,14,16H,5-13H2,(H,21,23)(H,22,24). The van der Waals surface area contributed by atoms with Crippen molar-refractivity contribution in [3.63, 3.8) is 0 Å². The van der Waals surface area contributed by atoms with Crippen molar-refractivity contribution < 1.29 is 19.1 Å². The highest BCUT2D eigenvalue weighted by atomic mass is 16.5. The Balaban J connectivity index is 1.40. The minimum absolute atomic E-state index is 0.0315. The van der Waals surface area contributed by atoms with Crippen molar-refractivity contribution in [3.8, 4) is 5.75 Å². The van der Waals surface area contributed by atoms with Crippen LogP contribution in [0.1, 0.15) is 56.6 Å². The molecule has 140 valence electrons. The second-order valence-corrected chi connectivity index (χ2v) is 7.60. The van der Waals surface area contributed by atoms with Gasteiger partial charge in [0.2, 0.25) is 11.8 Å². The number of fused-ring (bicyclic) bond motifs is 1. The van der Waals surface area contributed by atoms with Gasteiger partial charge in [0, 0.05) is 43.7 Å². The van der Waals surface area contributed by atoms with E-state index < -0.39 is 0 Å². The van der Waals surface area contributed by atoms with E-state index in [9.17, 15) is 9.59 Å². The van der Waals surface area contributed by atoms with Crippen LogP contribution in [-0.2, 0) is 14.3 Å². The molecule has 1 aliphatic carbocycles. The number of para-hydroxylation sites is 1. The summed E-state index contributed by atoms with van der Waals surface area (Å²) in [6.07, 6.45) is 4.98. The van der Waals surface area contributed by atoms with Crippen LogP contribution in [0.5, 0.6) is 5.75 Å². The van der Waals surface area contributed by atoms with E-state index in [4.69, 9.17) is 9.47 Å². The lowest BCUT2D eigenvalue weighted by atomic mass is 9.82. The van der Waals surface area contributed by atoms with Gasteiger partial charge in [0.25, 0.3) is 0 Å². The Morgan fingerprint density at radius 2 is 1.73 bits per heavy atom. The first-order valence-electron chi connectivity index (χ1n) is 9.58. The number of rotatable bonds is 5. The van der Waals surface area contributed by atoms with Crippen LogP contribution >= 0.6 is 0 Å². The minimum atomic E-state index is -0.270. The van der Waals surface area contributed by atoms with Crippen LogP contribution in [0.4, 0.5) is 0 Å². The van der Waals surface area contributed by atoms with Crippen molar-refractivity contribution >= 4 is 11.8 Å². The van der Waals surface area contributed by atoms with Gasteiger partial charge in [-0.25, -0.2) is 0 Å². The zero-order chi connectivity index (χ0) is 18.0. The van der Waals surface area contributed by atoms with Crippen LogP contribution in [0, 0.1) is 0 Å². The third-order valence-corrected chi connectivity index (χ3v) is 5.46. The molecule has 1 saturated heterocycles. The molecule has 3 aliphatic rings. The fourth-order valence-electron chi connectivity index (χ4n) is 3.82.